The lowest BCUT2D eigenvalue weighted by molar-refractivity contribution is 0.477. The lowest BCUT2D eigenvalue weighted by Gasteiger charge is -2.20. The molecule has 0 fully saturated rings. The van der Waals surface area contributed by atoms with Gasteiger partial charge in [0.05, 0.1) is 0 Å². The Balaban J connectivity index is 1.92. The molecule has 3 N–H and O–H groups in total. The van der Waals surface area contributed by atoms with Gasteiger partial charge in [-0.3, -0.25) is 0 Å². The highest BCUT2D eigenvalue weighted by molar-refractivity contribution is 5.25. The molecule has 0 radical (unpaired) electrons. The van der Waals surface area contributed by atoms with Gasteiger partial charge < -0.3 is 11.1 Å². The highest BCUT2D eigenvalue weighted by Crippen LogP contribution is 2.14. The molecule has 2 nitrogen and oxygen atoms in total. The Bertz CT molecular complexity index is 536. The zero-order valence-corrected chi connectivity index (χ0v) is 13.0. The van der Waals surface area contributed by atoms with Gasteiger partial charge in [0.2, 0.25) is 0 Å². The molecule has 0 aromatic heterocycles. The zero-order chi connectivity index (χ0) is 15.1. The average molecular weight is 282 g/mol. The van der Waals surface area contributed by atoms with E-state index < -0.39 is 0 Å². The largest absolute Gasteiger partial charge is 0.330 e. The summed E-state index contributed by atoms with van der Waals surface area (Å²) in [5.74, 6) is 0. The van der Waals surface area contributed by atoms with Gasteiger partial charge in [0.15, 0.2) is 0 Å². The average Bonchev–Trinajstić information content (AvgIpc) is 2.48. The molecule has 0 aliphatic heterocycles. The molecule has 0 spiro atoms. The van der Waals surface area contributed by atoms with E-state index in [1.807, 2.05) is 0 Å². The van der Waals surface area contributed by atoms with E-state index in [0.717, 1.165) is 12.8 Å². The monoisotopic (exact) mass is 282 g/mol. The fraction of sp³-hybridized carbons (Fsp3) is 0.368. The normalized spacial score (nSPS) is 13.9. The molecule has 0 aliphatic rings. The molecule has 2 aromatic carbocycles. The second-order valence-electron chi connectivity index (χ2n) is 5.76. The molecule has 0 saturated carbocycles. The van der Waals surface area contributed by atoms with Gasteiger partial charge in [0, 0.05) is 12.1 Å². The first-order valence-electron chi connectivity index (χ1n) is 7.78. The maximum Gasteiger partial charge on any atom is 0.0294 e. The second kappa shape index (κ2) is 7.96. The molecular weight excluding hydrogens is 256 g/mol. The van der Waals surface area contributed by atoms with Crippen LogP contribution in [0.25, 0.3) is 0 Å². The van der Waals surface area contributed by atoms with Crippen molar-refractivity contribution >= 4 is 0 Å². The number of hydrogen-bond acceptors (Lipinski definition) is 2. The maximum atomic E-state index is 5.63. The van der Waals surface area contributed by atoms with Crippen LogP contribution >= 0.6 is 0 Å². The summed E-state index contributed by atoms with van der Waals surface area (Å²) in [6.45, 7) is 5.17. The molecule has 112 valence electrons. The Hall–Kier alpha value is -1.64. The summed E-state index contributed by atoms with van der Waals surface area (Å²) in [7, 11) is 0. The van der Waals surface area contributed by atoms with E-state index >= 15 is 0 Å². The van der Waals surface area contributed by atoms with Crippen LogP contribution in [0, 0.1) is 0 Å². The fourth-order valence-electron chi connectivity index (χ4n) is 2.76. The van der Waals surface area contributed by atoms with Crippen molar-refractivity contribution in [3.63, 3.8) is 0 Å². The maximum absolute atomic E-state index is 5.63. The van der Waals surface area contributed by atoms with Gasteiger partial charge in [0.25, 0.3) is 0 Å². The van der Waals surface area contributed by atoms with E-state index in [1.54, 1.807) is 0 Å². The van der Waals surface area contributed by atoms with E-state index in [2.05, 4.69) is 73.8 Å². The summed E-state index contributed by atoms with van der Waals surface area (Å²) >= 11 is 0. The molecule has 0 heterocycles. The molecule has 0 bridgehead atoms. The van der Waals surface area contributed by atoms with Gasteiger partial charge in [-0.1, -0.05) is 54.6 Å². The third-order valence-corrected chi connectivity index (χ3v) is 3.80. The number of rotatable bonds is 7. The molecule has 0 aliphatic carbocycles. The molecule has 2 atom stereocenters. The molecule has 2 unspecified atom stereocenters. The third kappa shape index (κ3) is 5.00. The number of benzene rings is 2. The Labute approximate surface area is 128 Å². The van der Waals surface area contributed by atoms with Crippen molar-refractivity contribution in [1.29, 1.82) is 0 Å². The first kappa shape index (κ1) is 15.7. The van der Waals surface area contributed by atoms with Crippen molar-refractivity contribution in [3.05, 3.63) is 71.3 Å². The van der Waals surface area contributed by atoms with Crippen molar-refractivity contribution in [2.24, 2.45) is 5.73 Å². The van der Waals surface area contributed by atoms with Crippen molar-refractivity contribution in [3.8, 4) is 0 Å². The third-order valence-electron chi connectivity index (χ3n) is 3.80. The van der Waals surface area contributed by atoms with Gasteiger partial charge in [0.1, 0.15) is 0 Å². The van der Waals surface area contributed by atoms with Crippen molar-refractivity contribution < 1.29 is 0 Å². The van der Waals surface area contributed by atoms with Crippen LogP contribution in [0.1, 0.15) is 36.6 Å². The van der Waals surface area contributed by atoms with Gasteiger partial charge in [-0.2, -0.15) is 0 Å². The topological polar surface area (TPSA) is 38.0 Å². The molecule has 2 rings (SSSR count). The summed E-state index contributed by atoms with van der Waals surface area (Å²) < 4.78 is 0. The van der Waals surface area contributed by atoms with E-state index in [0.29, 0.717) is 18.6 Å². The van der Waals surface area contributed by atoms with E-state index in [1.165, 1.54) is 16.7 Å². The summed E-state index contributed by atoms with van der Waals surface area (Å²) in [5.41, 5.74) is 9.67. The zero-order valence-electron chi connectivity index (χ0n) is 13.0. The number of hydrogen-bond donors (Lipinski definition) is 2. The van der Waals surface area contributed by atoms with Crippen LogP contribution in [0.5, 0.6) is 0 Å². The summed E-state index contributed by atoms with van der Waals surface area (Å²) in [6, 6.07) is 20.2. The summed E-state index contributed by atoms with van der Waals surface area (Å²) in [6.07, 6.45) is 1.99. The van der Waals surface area contributed by atoms with Crippen LogP contribution in [0.4, 0.5) is 0 Å². The van der Waals surface area contributed by atoms with E-state index in [4.69, 9.17) is 5.73 Å². The Morgan fingerprint density at radius 3 is 2.38 bits per heavy atom. The lowest BCUT2D eigenvalue weighted by atomic mass is 10.0. The Kier molecular flexibility index (Phi) is 5.97. The summed E-state index contributed by atoms with van der Waals surface area (Å²) in [4.78, 5) is 0. The number of nitrogens with two attached hydrogens (primary N) is 1. The van der Waals surface area contributed by atoms with Gasteiger partial charge in [-0.05, 0) is 49.9 Å². The highest BCUT2D eigenvalue weighted by Gasteiger charge is 2.09. The predicted molar refractivity (Wildman–Crippen MR) is 90.4 cm³/mol. The van der Waals surface area contributed by atoms with Gasteiger partial charge in [-0.15, -0.1) is 0 Å². The number of nitrogens with one attached hydrogen (secondary N) is 1. The smallest absolute Gasteiger partial charge is 0.0294 e. The minimum Gasteiger partial charge on any atom is -0.330 e. The van der Waals surface area contributed by atoms with Crippen LogP contribution in [-0.4, -0.2) is 12.6 Å². The molecule has 0 saturated heterocycles. The first-order chi connectivity index (χ1) is 10.2. The van der Waals surface area contributed by atoms with E-state index in [-0.39, 0.29) is 0 Å². The fourth-order valence-corrected chi connectivity index (χ4v) is 2.76. The molecule has 2 aromatic rings. The Morgan fingerprint density at radius 1 is 0.952 bits per heavy atom. The van der Waals surface area contributed by atoms with Gasteiger partial charge in [-0.25, -0.2) is 0 Å². The van der Waals surface area contributed by atoms with Crippen molar-refractivity contribution in [2.45, 2.75) is 38.8 Å². The summed E-state index contributed by atoms with van der Waals surface area (Å²) in [5, 5.41) is 3.67. The Morgan fingerprint density at radius 2 is 1.67 bits per heavy atom. The molecule has 2 heteroatoms. The van der Waals surface area contributed by atoms with Crippen LogP contribution in [-0.2, 0) is 12.8 Å². The standard InChI is InChI=1S/C19H26N2/c1-15(21-16(2)19-9-4-3-5-10-19)13-18-8-6-7-17(14-18)11-12-20/h3-10,14-16,21H,11-13,20H2,1-2H3. The van der Waals surface area contributed by atoms with Crippen molar-refractivity contribution in [1.82, 2.24) is 5.32 Å². The minimum absolute atomic E-state index is 0.369. The minimum atomic E-state index is 0.369. The quantitative estimate of drug-likeness (QED) is 0.816. The molecule has 21 heavy (non-hydrogen) atoms. The van der Waals surface area contributed by atoms with Crippen molar-refractivity contribution in [2.75, 3.05) is 6.54 Å². The van der Waals surface area contributed by atoms with E-state index in [9.17, 15) is 0 Å². The second-order valence-corrected chi connectivity index (χ2v) is 5.76. The van der Waals surface area contributed by atoms with Crippen LogP contribution < -0.4 is 11.1 Å². The predicted octanol–water partition coefficient (Wildman–Crippen LogP) is 3.47. The highest BCUT2D eigenvalue weighted by atomic mass is 14.9. The van der Waals surface area contributed by atoms with Crippen LogP contribution in [0.2, 0.25) is 0 Å². The lowest BCUT2D eigenvalue weighted by Crippen LogP contribution is -2.30. The van der Waals surface area contributed by atoms with Crippen LogP contribution in [0.15, 0.2) is 54.6 Å². The molecular formula is C19H26N2. The van der Waals surface area contributed by atoms with Gasteiger partial charge >= 0.3 is 0 Å². The first-order valence-corrected chi connectivity index (χ1v) is 7.78. The molecule has 0 amide bonds. The van der Waals surface area contributed by atoms with Crippen LogP contribution in [0.3, 0.4) is 0 Å². The SMILES string of the molecule is CC(Cc1cccc(CCN)c1)NC(C)c1ccccc1.